The van der Waals surface area contributed by atoms with E-state index in [2.05, 4.69) is 10.6 Å². The highest BCUT2D eigenvalue weighted by Gasteiger charge is 2.23. The van der Waals surface area contributed by atoms with E-state index in [-0.39, 0.29) is 21.9 Å². The molecule has 0 bridgehead atoms. The number of fused-ring (bicyclic) bond motifs is 1. The van der Waals surface area contributed by atoms with E-state index in [9.17, 15) is 18.0 Å². The van der Waals surface area contributed by atoms with Crippen molar-refractivity contribution in [2.45, 2.75) is 4.90 Å². The quantitative estimate of drug-likeness (QED) is 0.298. The first kappa shape index (κ1) is 22.8. The van der Waals surface area contributed by atoms with Crippen LogP contribution in [0.15, 0.2) is 95.9 Å². The van der Waals surface area contributed by atoms with E-state index in [1.807, 2.05) is 18.2 Å². The van der Waals surface area contributed by atoms with Crippen molar-refractivity contribution in [2.24, 2.45) is 0 Å². The molecule has 0 saturated heterocycles. The zero-order chi connectivity index (χ0) is 24.1. The summed E-state index contributed by atoms with van der Waals surface area (Å²) in [6, 6.07) is 24.1. The van der Waals surface area contributed by atoms with Gasteiger partial charge in [0.25, 0.3) is 0 Å². The van der Waals surface area contributed by atoms with Crippen LogP contribution < -0.4 is 14.8 Å². The topological polar surface area (TPSA) is 111 Å². The van der Waals surface area contributed by atoms with Gasteiger partial charge in [-0.1, -0.05) is 48.5 Å². The Morgan fingerprint density at radius 3 is 2.15 bits per heavy atom. The fraction of sp³-hybridized carbons (Fsp3) is 0.0400. The summed E-state index contributed by atoms with van der Waals surface area (Å²) < 4.78 is 35.9. The standard InChI is InChI=1S/C25H20N2O6S/c1-32-24(28)22-16-20(27-25(29)26-19-9-3-2-4-10-19)12-14-23(22)33-34(30,31)21-13-11-17-7-5-6-8-18(17)15-21/h2-16H,1H3,(H2,26,27,29). The van der Waals surface area contributed by atoms with E-state index in [4.69, 9.17) is 8.92 Å². The van der Waals surface area contributed by atoms with Gasteiger partial charge < -0.3 is 19.6 Å². The first-order valence-corrected chi connectivity index (χ1v) is 11.6. The molecule has 8 nitrogen and oxygen atoms in total. The first-order valence-electron chi connectivity index (χ1n) is 10.1. The smallest absolute Gasteiger partial charge is 0.341 e. The number of esters is 1. The maximum absolute atomic E-state index is 12.9. The third kappa shape index (κ3) is 5.16. The van der Waals surface area contributed by atoms with Crippen LogP contribution in [-0.4, -0.2) is 27.5 Å². The summed E-state index contributed by atoms with van der Waals surface area (Å²) in [7, 11) is -3.09. The minimum Gasteiger partial charge on any atom is -0.465 e. The van der Waals surface area contributed by atoms with Gasteiger partial charge in [-0.15, -0.1) is 0 Å². The lowest BCUT2D eigenvalue weighted by atomic mass is 10.1. The number of anilines is 2. The van der Waals surface area contributed by atoms with Crippen molar-refractivity contribution in [1.29, 1.82) is 0 Å². The number of carbonyl (C=O) groups excluding carboxylic acids is 2. The number of methoxy groups -OCH3 is 1. The largest absolute Gasteiger partial charge is 0.465 e. The molecule has 9 heteroatoms. The summed E-state index contributed by atoms with van der Waals surface area (Å²) in [4.78, 5) is 24.5. The maximum atomic E-state index is 12.9. The molecule has 0 spiro atoms. The summed E-state index contributed by atoms with van der Waals surface area (Å²) in [6.07, 6.45) is 0. The number of nitrogens with one attached hydrogen (secondary N) is 2. The SMILES string of the molecule is COC(=O)c1cc(NC(=O)Nc2ccccc2)ccc1OS(=O)(=O)c1ccc2ccccc2c1. The Morgan fingerprint density at radius 1 is 0.735 bits per heavy atom. The van der Waals surface area contributed by atoms with Crippen LogP contribution in [0.2, 0.25) is 0 Å². The summed E-state index contributed by atoms with van der Waals surface area (Å²) in [6.45, 7) is 0. The Bertz CT molecular complexity index is 1470. The molecule has 2 N–H and O–H groups in total. The van der Waals surface area contributed by atoms with Crippen LogP contribution in [0.4, 0.5) is 16.2 Å². The molecule has 2 amide bonds. The Balaban J connectivity index is 1.59. The van der Waals surface area contributed by atoms with Crippen LogP contribution in [0.1, 0.15) is 10.4 Å². The van der Waals surface area contributed by atoms with Crippen molar-refractivity contribution < 1.29 is 26.9 Å². The Hall–Kier alpha value is -4.37. The number of ether oxygens (including phenoxy) is 1. The van der Waals surface area contributed by atoms with Crippen LogP contribution in [0.3, 0.4) is 0 Å². The zero-order valence-electron chi connectivity index (χ0n) is 18.0. The molecule has 0 fully saturated rings. The lowest BCUT2D eigenvalue weighted by Crippen LogP contribution is -2.20. The maximum Gasteiger partial charge on any atom is 0.341 e. The Kier molecular flexibility index (Phi) is 6.46. The van der Waals surface area contributed by atoms with Gasteiger partial charge in [0, 0.05) is 11.4 Å². The van der Waals surface area contributed by atoms with Crippen molar-refractivity contribution in [3.05, 3.63) is 96.6 Å². The number of hydrogen-bond donors (Lipinski definition) is 2. The Morgan fingerprint density at radius 2 is 1.41 bits per heavy atom. The van der Waals surface area contributed by atoms with Gasteiger partial charge >= 0.3 is 22.1 Å². The fourth-order valence-electron chi connectivity index (χ4n) is 3.25. The molecule has 0 aliphatic rings. The van der Waals surface area contributed by atoms with Gasteiger partial charge in [-0.25, -0.2) is 9.59 Å². The molecule has 4 aromatic carbocycles. The third-order valence-corrected chi connectivity index (χ3v) is 6.11. The molecule has 0 saturated carbocycles. The van der Waals surface area contributed by atoms with E-state index in [1.165, 1.54) is 30.3 Å². The third-order valence-electron chi connectivity index (χ3n) is 4.88. The lowest BCUT2D eigenvalue weighted by Gasteiger charge is -2.13. The van der Waals surface area contributed by atoms with Gasteiger partial charge in [-0.2, -0.15) is 8.42 Å². The monoisotopic (exact) mass is 476 g/mol. The molecule has 0 aliphatic heterocycles. The van der Waals surface area contributed by atoms with Crippen molar-refractivity contribution in [2.75, 3.05) is 17.7 Å². The number of rotatable bonds is 6. The molecule has 34 heavy (non-hydrogen) atoms. The molecule has 4 aromatic rings. The van der Waals surface area contributed by atoms with Crippen LogP contribution >= 0.6 is 0 Å². The van der Waals surface area contributed by atoms with Crippen LogP contribution in [-0.2, 0) is 14.9 Å². The van der Waals surface area contributed by atoms with Crippen molar-refractivity contribution in [1.82, 2.24) is 0 Å². The molecule has 0 radical (unpaired) electrons. The highest BCUT2D eigenvalue weighted by molar-refractivity contribution is 7.87. The predicted molar refractivity (Wildman–Crippen MR) is 129 cm³/mol. The molecule has 0 heterocycles. The van der Waals surface area contributed by atoms with E-state index < -0.39 is 22.1 Å². The van der Waals surface area contributed by atoms with Gasteiger partial charge in [-0.3, -0.25) is 0 Å². The number of amides is 2. The second-order valence-electron chi connectivity index (χ2n) is 7.19. The number of urea groups is 1. The van der Waals surface area contributed by atoms with E-state index >= 15 is 0 Å². The molecule has 0 aromatic heterocycles. The zero-order valence-corrected chi connectivity index (χ0v) is 18.8. The molecule has 0 unspecified atom stereocenters. The average Bonchev–Trinajstić information content (AvgIpc) is 2.84. The molecular weight excluding hydrogens is 456 g/mol. The lowest BCUT2D eigenvalue weighted by molar-refractivity contribution is 0.0599. The predicted octanol–water partition coefficient (Wildman–Crippen LogP) is 5.04. The summed E-state index contributed by atoms with van der Waals surface area (Å²) in [5.41, 5.74) is 0.656. The van der Waals surface area contributed by atoms with Gasteiger partial charge in [0.15, 0.2) is 5.75 Å². The highest BCUT2D eigenvalue weighted by atomic mass is 32.2. The van der Waals surface area contributed by atoms with E-state index in [0.717, 1.165) is 17.9 Å². The number of hydrogen-bond acceptors (Lipinski definition) is 6. The molecular formula is C25H20N2O6S. The number of para-hydroxylation sites is 1. The second-order valence-corrected chi connectivity index (χ2v) is 8.74. The minimum atomic E-state index is -4.25. The van der Waals surface area contributed by atoms with Gasteiger partial charge in [0.05, 0.1) is 7.11 Å². The summed E-state index contributed by atoms with van der Waals surface area (Å²) >= 11 is 0. The van der Waals surface area contributed by atoms with Gasteiger partial charge in [0.2, 0.25) is 0 Å². The number of benzene rings is 4. The van der Waals surface area contributed by atoms with Gasteiger partial charge in [-0.05, 0) is 53.2 Å². The molecule has 172 valence electrons. The molecule has 0 atom stereocenters. The Labute approximate surface area is 196 Å². The van der Waals surface area contributed by atoms with Crippen LogP contribution in [0.5, 0.6) is 5.75 Å². The van der Waals surface area contributed by atoms with Crippen molar-refractivity contribution >= 4 is 44.3 Å². The summed E-state index contributed by atoms with van der Waals surface area (Å²) in [5, 5.41) is 6.84. The van der Waals surface area contributed by atoms with Gasteiger partial charge in [0.1, 0.15) is 10.5 Å². The van der Waals surface area contributed by atoms with E-state index in [0.29, 0.717) is 5.69 Å². The number of carbonyl (C=O) groups is 2. The highest BCUT2D eigenvalue weighted by Crippen LogP contribution is 2.28. The molecule has 4 rings (SSSR count). The second kappa shape index (κ2) is 9.63. The average molecular weight is 477 g/mol. The summed E-state index contributed by atoms with van der Waals surface area (Å²) in [5.74, 6) is -1.05. The first-order chi connectivity index (χ1) is 16.4. The normalized spacial score (nSPS) is 11.0. The van der Waals surface area contributed by atoms with Crippen molar-refractivity contribution in [3.8, 4) is 5.75 Å². The van der Waals surface area contributed by atoms with E-state index in [1.54, 1.807) is 42.5 Å². The van der Waals surface area contributed by atoms with Crippen molar-refractivity contribution in [3.63, 3.8) is 0 Å². The fourth-order valence-corrected chi connectivity index (χ4v) is 4.24. The molecule has 0 aliphatic carbocycles. The minimum absolute atomic E-state index is 0.0635. The van der Waals surface area contributed by atoms with Crippen LogP contribution in [0, 0.1) is 0 Å². The van der Waals surface area contributed by atoms with Crippen LogP contribution in [0.25, 0.3) is 10.8 Å².